The molecule has 5 rings (SSSR count). The van der Waals surface area contributed by atoms with Gasteiger partial charge in [0.1, 0.15) is 18.8 Å². The lowest BCUT2D eigenvalue weighted by atomic mass is 9.84. The Hall–Kier alpha value is -2.53. The molecule has 5 aliphatic rings. The number of amides is 3. The van der Waals surface area contributed by atoms with Gasteiger partial charge in [0.05, 0.1) is 17.7 Å². The van der Waals surface area contributed by atoms with Crippen LogP contribution in [-0.2, 0) is 28.6 Å². The van der Waals surface area contributed by atoms with E-state index in [1.165, 1.54) is 25.7 Å². The second-order valence-corrected chi connectivity index (χ2v) is 15.9. The number of carbonyl (C=O) groups excluding carboxylic acids is 4. The largest absolute Gasteiger partial charge is 0.461 e. The predicted molar refractivity (Wildman–Crippen MR) is 186 cm³/mol. The van der Waals surface area contributed by atoms with Gasteiger partial charge in [0.2, 0.25) is 5.91 Å². The molecule has 268 valence electrons. The molecule has 0 aromatic heterocycles. The highest BCUT2D eigenvalue weighted by atomic mass is 32.2. The van der Waals surface area contributed by atoms with Crippen molar-refractivity contribution in [3.63, 3.8) is 0 Å². The average molecular weight is 688 g/mol. The topological polar surface area (TPSA) is 135 Å². The monoisotopic (exact) mass is 687 g/mol. The quantitative estimate of drug-likeness (QED) is 0.0374. The maximum atomic E-state index is 12.4. The molecule has 10 nitrogen and oxygen atoms in total. The number of allylic oxidation sites excluding steroid dienone is 1. The van der Waals surface area contributed by atoms with Gasteiger partial charge in [0.25, 0.3) is 0 Å². The fraction of sp³-hybridized carbons (Fsp3) is 0.784. The Morgan fingerprint density at radius 3 is 2.54 bits per heavy atom. The van der Waals surface area contributed by atoms with Crippen molar-refractivity contribution in [2.75, 3.05) is 18.9 Å². The average Bonchev–Trinajstić information content (AvgIpc) is 3.25. The number of hydrogen-bond donors (Lipinski definition) is 3. The summed E-state index contributed by atoms with van der Waals surface area (Å²) >= 11 is 1.93. The minimum Gasteiger partial charge on any atom is -0.461 e. The lowest BCUT2D eigenvalue weighted by Crippen LogP contribution is -2.36. The first kappa shape index (κ1) is 36.7. The van der Waals surface area contributed by atoms with Gasteiger partial charge in [-0.1, -0.05) is 64.0 Å². The van der Waals surface area contributed by atoms with E-state index >= 15 is 0 Å². The molecule has 4 aliphatic heterocycles. The van der Waals surface area contributed by atoms with Crippen molar-refractivity contribution < 1.29 is 33.4 Å². The number of unbranched alkanes of at least 4 members (excludes halogenated alkanes) is 9. The Morgan fingerprint density at radius 1 is 1.02 bits per heavy atom. The molecule has 0 aromatic carbocycles. The van der Waals surface area contributed by atoms with Gasteiger partial charge in [-0.05, 0) is 63.9 Å². The van der Waals surface area contributed by atoms with Gasteiger partial charge >= 0.3 is 18.0 Å². The lowest BCUT2D eigenvalue weighted by Gasteiger charge is -2.20. The van der Waals surface area contributed by atoms with E-state index in [4.69, 9.17) is 14.2 Å². The molecule has 0 saturated carbocycles. The molecular weight excluding hydrogens is 630 g/mol. The molecule has 0 radical (unpaired) electrons. The molecular formula is C37H57N3O7S. The summed E-state index contributed by atoms with van der Waals surface area (Å²) in [6, 6.07) is 0.465. The number of esters is 2. The highest BCUT2D eigenvalue weighted by Crippen LogP contribution is 2.49. The first-order valence-electron chi connectivity index (χ1n) is 18.6. The number of urea groups is 1. The Labute approximate surface area is 290 Å². The second kappa shape index (κ2) is 17.9. The summed E-state index contributed by atoms with van der Waals surface area (Å²) in [5.74, 6) is 0.630. The Kier molecular flexibility index (Phi) is 13.7. The fourth-order valence-corrected chi connectivity index (χ4v) is 9.26. The second-order valence-electron chi connectivity index (χ2n) is 14.6. The van der Waals surface area contributed by atoms with E-state index in [2.05, 4.69) is 35.5 Å². The summed E-state index contributed by atoms with van der Waals surface area (Å²) in [4.78, 5) is 48.2. The van der Waals surface area contributed by atoms with E-state index in [9.17, 15) is 19.2 Å². The predicted octanol–water partition coefficient (Wildman–Crippen LogP) is 6.03. The van der Waals surface area contributed by atoms with Gasteiger partial charge in [0.15, 0.2) is 0 Å². The van der Waals surface area contributed by atoms with Crippen molar-refractivity contribution in [1.29, 1.82) is 0 Å². The lowest BCUT2D eigenvalue weighted by molar-refractivity contribution is -0.143. The number of fused-ring (bicyclic) bond motifs is 4. The molecule has 0 aromatic rings. The van der Waals surface area contributed by atoms with Crippen molar-refractivity contribution >= 4 is 35.6 Å². The number of rotatable bonds is 19. The fourth-order valence-electron chi connectivity index (χ4n) is 7.72. The summed E-state index contributed by atoms with van der Waals surface area (Å²) in [5, 5.41) is 9.53. The molecule has 1 aliphatic carbocycles. The normalized spacial score (nSPS) is 31.8. The molecule has 11 heteroatoms. The minimum atomic E-state index is -0.312. The Morgan fingerprint density at radius 2 is 1.75 bits per heavy atom. The third-order valence-electron chi connectivity index (χ3n) is 10.8. The van der Waals surface area contributed by atoms with Crippen LogP contribution in [0.5, 0.6) is 0 Å². The van der Waals surface area contributed by atoms with Crippen LogP contribution in [0.2, 0.25) is 0 Å². The van der Waals surface area contributed by atoms with Gasteiger partial charge in [-0.3, -0.25) is 9.59 Å². The van der Waals surface area contributed by atoms with Crippen LogP contribution in [0.4, 0.5) is 4.79 Å². The highest BCUT2D eigenvalue weighted by Gasteiger charge is 2.61. The molecule has 7 atom stereocenters. The summed E-state index contributed by atoms with van der Waals surface area (Å²) in [6.07, 6.45) is 19.1. The summed E-state index contributed by atoms with van der Waals surface area (Å²) < 4.78 is 17.2. The number of nitrogens with one attached hydrogen (secondary N) is 3. The SMILES string of the molecule is C=C1C(=O)O[C@@H]2[C@H]3O[C@]3(C)CC/C=C(/COC(=O)CCCCCCCCCCCNC(=O)CCCC[C@@H]3SC[C@@H]4NC(=O)N[C@@H]43)CC[C@@H]12. The van der Waals surface area contributed by atoms with Crippen molar-refractivity contribution in [2.24, 2.45) is 5.92 Å². The Bertz CT molecular complexity index is 1190. The van der Waals surface area contributed by atoms with Crippen molar-refractivity contribution in [3.8, 4) is 0 Å². The minimum absolute atomic E-state index is 0.0436. The Balaban J connectivity index is 0.805. The number of ether oxygens (including phenoxy) is 3. The molecule has 0 unspecified atom stereocenters. The smallest absolute Gasteiger partial charge is 0.334 e. The highest BCUT2D eigenvalue weighted by molar-refractivity contribution is 8.00. The summed E-state index contributed by atoms with van der Waals surface area (Å²) in [7, 11) is 0. The third-order valence-corrected chi connectivity index (χ3v) is 12.3. The van der Waals surface area contributed by atoms with Crippen LogP contribution >= 0.6 is 11.8 Å². The molecule has 48 heavy (non-hydrogen) atoms. The third kappa shape index (κ3) is 10.5. The number of carbonyl (C=O) groups is 4. The zero-order valence-electron chi connectivity index (χ0n) is 28.9. The van der Waals surface area contributed by atoms with Crippen molar-refractivity contribution in [1.82, 2.24) is 16.0 Å². The van der Waals surface area contributed by atoms with E-state index < -0.39 is 0 Å². The molecule has 4 fully saturated rings. The van der Waals surface area contributed by atoms with Gasteiger partial charge in [-0.15, -0.1) is 0 Å². The van der Waals surface area contributed by atoms with Crippen LogP contribution in [-0.4, -0.2) is 77.9 Å². The zero-order valence-corrected chi connectivity index (χ0v) is 29.7. The van der Waals surface area contributed by atoms with Crippen LogP contribution in [0.25, 0.3) is 0 Å². The maximum Gasteiger partial charge on any atom is 0.334 e. The number of thioether (sulfide) groups is 1. The van der Waals surface area contributed by atoms with Crippen LogP contribution in [0, 0.1) is 5.92 Å². The van der Waals surface area contributed by atoms with Gasteiger partial charge < -0.3 is 30.2 Å². The van der Waals surface area contributed by atoms with Crippen LogP contribution in [0.1, 0.15) is 122 Å². The van der Waals surface area contributed by atoms with E-state index in [0.717, 1.165) is 94.9 Å². The molecule has 0 spiro atoms. The van der Waals surface area contributed by atoms with E-state index in [0.29, 0.717) is 30.3 Å². The standard InChI is InChI=1S/C37H57N3O7S/c1-25-27-20-19-26(15-14-21-37(2)34(47-37)33(27)46-35(25)43)23-45-31(42)18-10-8-6-4-3-5-7-9-13-22-38-30(41)17-12-11-16-29-32-28(24-48-29)39-36(44)40-32/h15,27-29,32-34H,1,3-14,16-24H2,2H3,(H,38,41)(H2,39,40,44)/b26-15+/t27-,28-,29-,32-,33-,34+,37+/m0/s1. The molecule has 4 saturated heterocycles. The molecule has 4 heterocycles. The molecule has 3 N–H and O–H groups in total. The molecule has 3 amide bonds. The van der Waals surface area contributed by atoms with Gasteiger partial charge in [-0.25, -0.2) is 9.59 Å². The number of epoxide rings is 1. The van der Waals surface area contributed by atoms with Crippen molar-refractivity contribution in [2.45, 2.75) is 158 Å². The first-order valence-corrected chi connectivity index (χ1v) is 19.6. The zero-order chi connectivity index (χ0) is 33.9. The number of hydrogen-bond acceptors (Lipinski definition) is 8. The van der Waals surface area contributed by atoms with Crippen LogP contribution in [0.15, 0.2) is 23.8 Å². The molecule has 0 bridgehead atoms. The van der Waals surface area contributed by atoms with Gasteiger partial charge in [-0.2, -0.15) is 11.8 Å². The summed E-state index contributed by atoms with van der Waals surface area (Å²) in [5.41, 5.74) is 1.37. The maximum absolute atomic E-state index is 12.4. The van der Waals surface area contributed by atoms with E-state index in [-0.39, 0.29) is 59.7 Å². The van der Waals surface area contributed by atoms with Crippen molar-refractivity contribution in [3.05, 3.63) is 23.8 Å². The van der Waals surface area contributed by atoms with E-state index in [1.54, 1.807) is 0 Å². The van der Waals surface area contributed by atoms with Crippen LogP contribution in [0.3, 0.4) is 0 Å². The van der Waals surface area contributed by atoms with Gasteiger partial charge in [0, 0.05) is 41.9 Å². The van der Waals surface area contributed by atoms with Crippen LogP contribution < -0.4 is 16.0 Å². The van der Waals surface area contributed by atoms with E-state index in [1.807, 2.05) is 11.8 Å². The summed E-state index contributed by atoms with van der Waals surface area (Å²) in [6.45, 7) is 7.12. The first-order chi connectivity index (χ1) is 23.2.